The highest BCUT2D eigenvalue weighted by atomic mass is 35.5. The van der Waals surface area contributed by atoms with Crippen molar-refractivity contribution < 1.29 is 27.8 Å². The quantitative estimate of drug-likeness (QED) is 0.667. The molecule has 0 amide bonds. The Kier molecular flexibility index (Phi) is 5.14. The van der Waals surface area contributed by atoms with Crippen LogP contribution < -0.4 is 4.74 Å². The summed E-state index contributed by atoms with van der Waals surface area (Å²) in [6, 6.07) is 9.61. The molecular formula is C17H9Cl2F3O3S. The number of halogens is 5. The van der Waals surface area contributed by atoms with Gasteiger partial charge in [-0.15, -0.1) is 0 Å². The van der Waals surface area contributed by atoms with E-state index in [4.69, 9.17) is 33.0 Å². The number of hydrogen-bond acceptors (Lipinski definition) is 3. The standard InChI is InChI=1S/C17H9Cl2F3O3S/c18-9-2-1-3-10(6-9)26-14-7-13-8(5-12(14)19)4-11(16(23)24)15(25-13)17(20,21)22/h1-7,15H,(H,23,24). The molecule has 0 saturated heterocycles. The first kappa shape index (κ1) is 18.9. The van der Waals surface area contributed by atoms with Gasteiger partial charge in [0.05, 0.1) is 10.6 Å². The van der Waals surface area contributed by atoms with E-state index in [-0.39, 0.29) is 16.3 Å². The Morgan fingerprint density at radius 3 is 2.54 bits per heavy atom. The Labute approximate surface area is 160 Å². The molecule has 1 unspecified atom stereocenters. The first-order chi connectivity index (χ1) is 12.1. The largest absolute Gasteiger partial charge is 0.478 e. The fraction of sp³-hybridized carbons (Fsp3) is 0.118. The maximum Gasteiger partial charge on any atom is 0.430 e. The topological polar surface area (TPSA) is 46.5 Å². The van der Waals surface area contributed by atoms with Crippen LogP contribution in [0.25, 0.3) is 6.08 Å². The average molecular weight is 421 g/mol. The van der Waals surface area contributed by atoms with Crippen LogP contribution in [0.4, 0.5) is 13.2 Å². The van der Waals surface area contributed by atoms with Crippen LogP contribution in [0.1, 0.15) is 5.56 Å². The number of carboxylic acids is 1. The summed E-state index contributed by atoms with van der Waals surface area (Å²) in [5.41, 5.74) is -0.723. The van der Waals surface area contributed by atoms with Crippen LogP contribution in [0.15, 0.2) is 51.8 Å². The number of ether oxygens (including phenoxy) is 1. The van der Waals surface area contributed by atoms with Crippen LogP contribution in [-0.4, -0.2) is 23.4 Å². The highest BCUT2D eigenvalue weighted by molar-refractivity contribution is 7.99. The molecule has 0 radical (unpaired) electrons. The molecule has 0 aromatic heterocycles. The summed E-state index contributed by atoms with van der Waals surface area (Å²) < 4.78 is 44.4. The predicted molar refractivity (Wildman–Crippen MR) is 93.1 cm³/mol. The van der Waals surface area contributed by atoms with Crippen molar-refractivity contribution in [2.75, 3.05) is 0 Å². The molecule has 1 N–H and O–H groups in total. The van der Waals surface area contributed by atoms with Gasteiger partial charge in [0.2, 0.25) is 6.10 Å². The summed E-state index contributed by atoms with van der Waals surface area (Å²) in [5.74, 6) is -1.79. The highest BCUT2D eigenvalue weighted by Crippen LogP contribution is 2.43. The van der Waals surface area contributed by atoms with Crippen molar-refractivity contribution in [2.24, 2.45) is 0 Å². The molecule has 136 valence electrons. The third-order valence-electron chi connectivity index (χ3n) is 3.47. The SMILES string of the molecule is O=C(O)C1=Cc2cc(Cl)c(Sc3cccc(Cl)c3)cc2OC1C(F)(F)F. The molecule has 0 spiro atoms. The van der Waals surface area contributed by atoms with Crippen molar-refractivity contribution in [2.45, 2.75) is 22.1 Å². The number of fused-ring (bicyclic) bond motifs is 1. The second-order valence-corrected chi connectivity index (χ2v) is 7.28. The van der Waals surface area contributed by atoms with Crippen LogP contribution in [0, 0.1) is 0 Å². The third-order valence-corrected chi connectivity index (χ3v) is 5.18. The van der Waals surface area contributed by atoms with Gasteiger partial charge >= 0.3 is 12.1 Å². The predicted octanol–water partition coefficient (Wildman–Crippen LogP) is 5.94. The van der Waals surface area contributed by atoms with Crippen molar-refractivity contribution >= 4 is 47.0 Å². The fourth-order valence-electron chi connectivity index (χ4n) is 2.35. The third kappa shape index (κ3) is 3.95. The molecule has 2 aromatic carbocycles. The number of hydrogen-bond donors (Lipinski definition) is 1. The lowest BCUT2D eigenvalue weighted by atomic mass is 10.0. The minimum absolute atomic E-state index is 0.0914. The van der Waals surface area contributed by atoms with Crippen molar-refractivity contribution in [1.29, 1.82) is 0 Å². The number of benzene rings is 2. The molecule has 1 aliphatic rings. The zero-order chi connectivity index (χ0) is 19.1. The Hall–Kier alpha value is -1.83. The summed E-state index contributed by atoms with van der Waals surface area (Å²) >= 11 is 13.3. The molecule has 26 heavy (non-hydrogen) atoms. The van der Waals surface area contributed by atoms with Gasteiger partial charge in [-0.05, 0) is 36.4 Å². The number of alkyl halides is 3. The molecule has 3 nitrogen and oxygen atoms in total. The fourth-order valence-corrected chi connectivity index (χ4v) is 3.80. The smallest absolute Gasteiger partial charge is 0.430 e. The number of aliphatic carboxylic acids is 1. The van der Waals surface area contributed by atoms with Crippen molar-refractivity contribution in [3.63, 3.8) is 0 Å². The molecule has 3 rings (SSSR count). The highest BCUT2D eigenvalue weighted by Gasteiger charge is 2.48. The zero-order valence-electron chi connectivity index (χ0n) is 12.7. The second kappa shape index (κ2) is 7.06. The Morgan fingerprint density at radius 1 is 1.19 bits per heavy atom. The molecule has 1 heterocycles. The molecule has 0 aliphatic carbocycles. The van der Waals surface area contributed by atoms with E-state index < -0.39 is 23.8 Å². The lowest BCUT2D eigenvalue weighted by Gasteiger charge is -2.27. The monoisotopic (exact) mass is 420 g/mol. The second-order valence-electron chi connectivity index (χ2n) is 5.32. The van der Waals surface area contributed by atoms with Gasteiger partial charge in [-0.1, -0.05) is 41.0 Å². The van der Waals surface area contributed by atoms with Gasteiger partial charge in [-0.2, -0.15) is 13.2 Å². The molecular weight excluding hydrogens is 412 g/mol. The van der Waals surface area contributed by atoms with E-state index >= 15 is 0 Å². The minimum atomic E-state index is -4.86. The molecule has 0 bridgehead atoms. The van der Waals surface area contributed by atoms with Crippen LogP contribution in [0.3, 0.4) is 0 Å². The van der Waals surface area contributed by atoms with Crippen LogP contribution >= 0.6 is 35.0 Å². The number of rotatable bonds is 3. The van der Waals surface area contributed by atoms with Crippen LogP contribution in [-0.2, 0) is 4.79 Å². The lowest BCUT2D eigenvalue weighted by Crippen LogP contribution is -2.40. The van der Waals surface area contributed by atoms with Crippen LogP contribution in [0.5, 0.6) is 5.75 Å². The molecule has 0 fully saturated rings. The van der Waals surface area contributed by atoms with E-state index in [1.165, 1.54) is 23.9 Å². The maximum absolute atomic E-state index is 13.1. The van der Waals surface area contributed by atoms with Gasteiger partial charge in [-0.3, -0.25) is 0 Å². The molecule has 1 atom stereocenters. The van der Waals surface area contributed by atoms with Gasteiger partial charge in [0.25, 0.3) is 0 Å². The maximum atomic E-state index is 13.1. The first-order valence-electron chi connectivity index (χ1n) is 7.10. The van der Waals surface area contributed by atoms with Gasteiger partial charge in [0.1, 0.15) is 5.75 Å². The van der Waals surface area contributed by atoms with Crippen molar-refractivity contribution in [1.82, 2.24) is 0 Å². The summed E-state index contributed by atoms with van der Waals surface area (Å²) in [7, 11) is 0. The van der Waals surface area contributed by atoms with E-state index in [1.54, 1.807) is 24.3 Å². The van der Waals surface area contributed by atoms with Crippen molar-refractivity contribution in [3.05, 3.63) is 57.6 Å². The lowest BCUT2D eigenvalue weighted by molar-refractivity contribution is -0.187. The molecule has 0 saturated carbocycles. The number of carbonyl (C=O) groups is 1. The minimum Gasteiger partial charge on any atom is -0.478 e. The number of carboxylic acid groups (broad SMARTS) is 1. The van der Waals surface area contributed by atoms with Gasteiger partial charge < -0.3 is 9.84 Å². The van der Waals surface area contributed by atoms with E-state index in [1.807, 2.05) is 0 Å². The van der Waals surface area contributed by atoms with Gasteiger partial charge in [0.15, 0.2) is 0 Å². The zero-order valence-corrected chi connectivity index (χ0v) is 15.0. The average Bonchev–Trinajstić information content (AvgIpc) is 2.53. The first-order valence-corrected chi connectivity index (χ1v) is 8.67. The Balaban J connectivity index is 2.01. The Bertz CT molecular complexity index is 913. The van der Waals surface area contributed by atoms with E-state index in [2.05, 4.69) is 0 Å². The molecule has 9 heteroatoms. The van der Waals surface area contributed by atoms with Crippen LogP contribution in [0.2, 0.25) is 10.0 Å². The van der Waals surface area contributed by atoms with E-state index in [0.717, 1.165) is 11.0 Å². The van der Waals surface area contributed by atoms with E-state index in [9.17, 15) is 18.0 Å². The van der Waals surface area contributed by atoms with Gasteiger partial charge in [-0.25, -0.2) is 4.79 Å². The summed E-state index contributed by atoms with van der Waals surface area (Å²) in [6.45, 7) is 0. The Morgan fingerprint density at radius 2 is 1.92 bits per heavy atom. The summed E-state index contributed by atoms with van der Waals surface area (Å²) in [5, 5.41) is 9.80. The summed E-state index contributed by atoms with van der Waals surface area (Å²) in [4.78, 5) is 12.3. The van der Waals surface area contributed by atoms with E-state index in [0.29, 0.717) is 9.92 Å². The summed E-state index contributed by atoms with van der Waals surface area (Å²) in [6.07, 6.45) is -6.47. The van der Waals surface area contributed by atoms with Crippen molar-refractivity contribution in [3.8, 4) is 5.75 Å². The molecule has 2 aromatic rings. The molecule has 1 aliphatic heterocycles. The van der Waals surface area contributed by atoms with Gasteiger partial charge in [0, 0.05) is 20.4 Å². The normalized spacial score (nSPS) is 16.5.